The van der Waals surface area contributed by atoms with Crippen LogP contribution >= 0.6 is 0 Å². The van der Waals surface area contributed by atoms with Gasteiger partial charge in [-0.05, 0) is 30.2 Å². The Morgan fingerprint density at radius 3 is 3.07 bits per heavy atom. The Kier molecular flexibility index (Phi) is 2.49. The van der Waals surface area contributed by atoms with Gasteiger partial charge in [0.05, 0.1) is 5.69 Å². The molecule has 0 saturated carbocycles. The molecule has 0 amide bonds. The lowest BCUT2D eigenvalue weighted by Crippen LogP contribution is -1.98. The average Bonchev–Trinajstić information content (AvgIpc) is 2.67. The first-order chi connectivity index (χ1) is 6.84. The van der Waals surface area contributed by atoms with Gasteiger partial charge in [-0.2, -0.15) is 0 Å². The number of anilines is 1. The van der Waals surface area contributed by atoms with E-state index in [-0.39, 0.29) is 0 Å². The summed E-state index contributed by atoms with van der Waals surface area (Å²) in [6, 6.07) is 4.13. The predicted molar refractivity (Wildman–Crippen MR) is 57.1 cm³/mol. The topological polar surface area (TPSA) is 40.7 Å². The van der Waals surface area contributed by atoms with Crippen LogP contribution in [0.15, 0.2) is 36.9 Å². The third kappa shape index (κ3) is 2.13. The van der Waals surface area contributed by atoms with E-state index in [9.17, 15) is 0 Å². The van der Waals surface area contributed by atoms with Crippen LogP contribution < -0.4 is 5.32 Å². The second kappa shape index (κ2) is 3.96. The average molecular weight is 187 g/mol. The quantitative estimate of drug-likeness (QED) is 0.774. The highest BCUT2D eigenvalue weighted by Crippen LogP contribution is 2.08. The van der Waals surface area contributed by atoms with E-state index in [2.05, 4.69) is 27.4 Å². The molecule has 2 aromatic heterocycles. The first kappa shape index (κ1) is 8.81. The van der Waals surface area contributed by atoms with E-state index in [1.54, 1.807) is 0 Å². The third-order valence-electron chi connectivity index (χ3n) is 2.03. The van der Waals surface area contributed by atoms with Crippen molar-refractivity contribution in [3.05, 3.63) is 48.0 Å². The summed E-state index contributed by atoms with van der Waals surface area (Å²) in [5.74, 6) is 0. The number of aryl methyl sites for hydroxylation is 1. The lowest BCUT2D eigenvalue weighted by atomic mass is 10.3. The Labute approximate surface area is 83.2 Å². The molecule has 72 valence electrons. The molecule has 3 heteroatoms. The predicted octanol–water partition coefficient (Wildman–Crippen LogP) is 2.33. The standard InChI is InChI=1S/C11H13N3/c1-9-4-11(8-13-5-9)14-7-10-2-3-12-6-10/h2-6,8,12,14H,7H2,1H3. The van der Waals surface area contributed by atoms with Crippen molar-refractivity contribution in [3.63, 3.8) is 0 Å². The minimum absolute atomic E-state index is 0.828. The van der Waals surface area contributed by atoms with Crippen molar-refractivity contribution in [2.75, 3.05) is 5.32 Å². The second-order valence-electron chi connectivity index (χ2n) is 3.32. The molecule has 0 spiro atoms. The van der Waals surface area contributed by atoms with Gasteiger partial charge in [0.15, 0.2) is 0 Å². The van der Waals surface area contributed by atoms with Crippen LogP contribution in [-0.2, 0) is 6.54 Å². The number of hydrogen-bond acceptors (Lipinski definition) is 2. The fourth-order valence-electron chi connectivity index (χ4n) is 1.32. The molecule has 0 aliphatic heterocycles. The van der Waals surface area contributed by atoms with E-state index < -0.39 is 0 Å². The minimum Gasteiger partial charge on any atom is -0.380 e. The fraction of sp³-hybridized carbons (Fsp3) is 0.182. The maximum absolute atomic E-state index is 4.11. The van der Waals surface area contributed by atoms with Crippen molar-refractivity contribution in [1.82, 2.24) is 9.97 Å². The molecule has 3 nitrogen and oxygen atoms in total. The van der Waals surface area contributed by atoms with E-state index in [0.29, 0.717) is 0 Å². The molecule has 2 aromatic rings. The van der Waals surface area contributed by atoms with Crippen molar-refractivity contribution in [2.45, 2.75) is 13.5 Å². The number of aromatic amines is 1. The maximum atomic E-state index is 4.11. The van der Waals surface area contributed by atoms with Crippen molar-refractivity contribution in [1.29, 1.82) is 0 Å². The molecule has 0 aliphatic rings. The Hall–Kier alpha value is -1.77. The number of nitrogens with one attached hydrogen (secondary N) is 2. The van der Waals surface area contributed by atoms with Crippen LogP contribution in [0.25, 0.3) is 0 Å². The number of H-pyrrole nitrogens is 1. The largest absolute Gasteiger partial charge is 0.380 e. The first-order valence-corrected chi connectivity index (χ1v) is 4.62. The van der Waals surface area contributed by atoms with Gasteiger partial charge in [0.1, 0.15) is 0 Å². The molecule has 2 heterocycles. The molecule has 0 fully saturated rings. The lowest BCUT2D eigenvalue weighted by Gasteiger charge is -2.04. The van der Waals surface area contributed by atoms with Gasteiger partial charge in [-0.25, -0.2) is 0 Å². The summed E-state index contributed by atoms with van der Waals surface area (Å²) in [6.07, 6.45) is 7.59. The van der Waals surface area contributed by atoms with Crippen molar-refractivity contribution < 1.29 is 0 Å². The van der Waals surface area contributed by atoms with Gasteiger partial charge in [0.2, 0.25) is 0 Å². The van der Waals surface area contributed by atoms with Gasteiger partial charge in [0, 0.05) is 31.3 Å². The van der Waals surface area contributed by atoms with Crippen molar-refractivity contribution >= 4 is 5.69 Å². The summed E-state index contributed by atoms with van der Waals surface area (Å²) in [6.45, 7) is 2.86. The molecule has 0 bridgehead atoms. The van der Waals surface area contributed by atoms with E-state index >= 15 is 0 Å². The van der Waals surface area contributed by atoms with Gasteiger partial charge in [-0.1, -0.05) is 0 Å². The molecule has 0 aliphatic carbocycles. The number of rotatable bonds is 3. The zero-order valence-corrected chi connectivity index (χ0v) is 8.12. The van der Waals surface area contributed by atoms with Crippen LogP contribution in [0.3, 0.4) is 0 Å². The van der Waals surface area contributed by atoms with Crippen molar-refractivity contribution in [3.8, 4) is 0 Å². The third-order valence-corrected chi connectivity index (χ3v) is 2.03. The minimum atomic E-state index is 0.828. The highest BCUT2D eigenvalue weighted by molar-refractivity contribution is 5.42. The molecule has 14 heavy (non-hydrogen) atoms. The van der Waals surface area contributed by atoms with Crippen molar-refractivity contribution in [2.24, 2.45) is 0 Å². The SMILES string of the molecule is Cc1cncc(NCc2cc[nH]c2)c1. The summed E-state index contributed by atoms with van der Waals surface area (Å²) < 4.78 is 0. The smallest absolute Gasteiger partial charge is 0.0532 e. The van der Waals surface area contributed by atoms with E-state index in [1.165, 1.54) is 11.1 Å². The van der Waals surface area contributed by atoms with Gasteiger partial charge in [-0.3, -0.25) is 4.98 Å². The zero-order valence-electron chi connectivity index (χ0n) is 8.12. The molecule has 2 rings (SSSR count). The normalized spacial score (nSPS) is 10.1. The number of hydrogen-bond donors (Lipinski definition) is 2. The molecule has 2 N–H and O–H groups in total. The van der Waals surface area contributed by atoms with Crippen LogP contribution in [0.2, 0.25) is 0 Å². The van der Waals surface area contributed by atoms with E-state index in [0.717, 1.165) is 12.2 Å². The first-order valence-electron chi connectivity index (χ1n) is 4.62. The highest BCUT2D eigenvalue weighted by atomic mass is 14.9. The lowest BCUT2D eigenvalue weighted by molar-refractivity contribution is 1.13. The van der Waals surface area contributed by atoms with Crippen LogP contribution in [0, 0.1) is 6.92 Å². The number of aromatic nitrogens is 2. The van der Waals surface area contributed by atoms with Gasteiger partial charge in [0.25, 0.3) is 0 Å². The summed E-state index contributed by atoms with van der Waals surface area (Å²) in [5, 5.41) is 3.31. The maximum Gasteiger partial charge on any atom is 0.0532 e. The van der Waals surface area contributed by atoms with E-state index in [1.807, 2.05) is 31.7 Å². The summed E-state index contributed by atoms with van der Waals surface area (Å²) in [7, 11) is 0. The Morgan fingerprint density at radius 2 is 2.36 bits per heavy atom. The Bertz CT molecular complexity index is 393. The summed E-state index contributed by atoms with van der Waals surface area (Å²) >= 11 is 0. The van der Waals surface area contributed by atoms with Gasteiger partial charge >= 0.3 is 0 Å². The van der Waals surface area contributed by atoms with Crippen LogP contribution in [-0.4, -0.2) is 9.97 Å². The molecular formula is C11H13N3. The van der Waals surface area contributed by atoms with Crippen LogP contribution in [0.4, 0.5) is 5.69 Å². The molecular weight excluding hydrogens is 174 g/mol. The second-order valence-corrected chi connectivity index (χ2v) is 3.32. The summed E-state index contributed by atoms with van der Waals surface area (Å²) in [5.41, 5.74) is 3.47. The van der Waals surface area contributed by atoms with Gasteiger partial charge in [-0.15, -0.1) is 0 Å². The van der Waals surface area contributed by atoms with Crippen LogP contribution in [0.1, 0.15) is 11.1 Å². The monoisotopic (exact) mass is 187 g/mol. The summed E-state index contributed by atoms with van der Waals surface area (Å²) in [4.78, 5) is 7.14. The number of nitrogens with zero attached hydrogens (tertiary/aromatic N) is 1. The van der Waals surface area contributed by atoms with Gasteiger partial charge < -0.3 is 10.3 Å². The zero-order chi connectivity index (χ0) is 9.80. The Balaban J connectivity index is 1.98. The fourth-order valence-corrected chi connectivity index (χ4v) is 1.32. The number of pyridine rings is 1. The molecule has 0 unspecified atom stereocenters. The molecule has 0 saturated heterocycles. The molecule has 0 aromatic carbocycles. The molecule has 0 radical (unpaired) electrons. The molecule has 0 atom stereocenters. The highest BCUT2D eigenvalue weighted by Gasteiger charge is 1.94. The Morgan fingerprint density at radius 1 is 1.43 bits per heavy atom. The van der Waals surface area contributed by atoms with E-state index in [4.69, 9.17) is 0 Å². The van der Waals surface area contributed by atoms with Crippen LogP contribution in [0.5, 0.6) is 0 Å².